The van der Waals surface area contributed by atoms with Crippen molar-refractivity contribution in [1.29, 1.82) is 0 Å². The average Bonchev–Trinajstić information content (AvgIpc) is 2.78. The van der Waals surface area contributed by atoms with Crippen LogP contribution in [0.1, 0.15) is 35.5 Å². The molecular weight excluding hydrogens is 240 g/mol. The van der Waals surface area contributed by atoms with Crippen LogP contribution >= 0.6 is 0 Å². The van der Waals surface area contributed by atoms with Gasteiger partial charge in [-0.05, 0) is 50.0 Å². The summed E-state index contributed by atoms with van der Waals surface area (Å²) in [4.78, 5) is 16.6. The van der Waals surface area contributed by atoms with Crippen LogP contribution in [0.5, 0.6) is 0 Å². The molecule has 1 N–H and O–H groups in total. The molecule has 0 radical (unpaired) electrons. The maximum atomic E-state index is 12.3. The minimum absolute atomic E-state index is 0.217. The second-order valence-corrected chi connectivity index (χ2v) is 5.24. The van der Waals surface area contributed by atoms with Gasteiger partial charge in [0.25, 0.3) is 0 Å². The first kappa shape index (κ1) is 12.4. The molecule has 0 aliphatic carbocycles. The second-order valence-electron chi connectivity index (χ2n) is 5.24. The number of nitrogens with one attached hydrogen (secondary N) is 1. The molecule has 2 heterocycles. The van der Waals surface area contributed by atoms with Crippen molar-refractivity contribution in [3.63, 3.8) is 0 Å². The molecule has 1 fully saturated rings. The van der Waals surface area contributed by atoms with Crippen LogP contribution in [0.15, 0.2) is 22.6 Å². The van der Waals surface area contributed by atoms with E-state index < -0.39 is 0 Å². The van der Waals surface area contributed by atoms with Crippen molar-refractivity contribution in [1.82, 2.24) is 10.3 Å². The summed E-state index contributed by atoms with van der Waals surface area (Å²) in [6, 6.07) is 5.52. The van der Waals surface area contributed by atoms with Crippen molar-refractivity contribution in [2.45, 2.75) is 26.2 Å². The summed E-state index contributed by atoms with van der Waals surface area (Å²) in [6.07, 6.45) is 2.83. The van der Waals surface area contributed by atoms with Gasteiger partial charge < -0.3 is 9.73 Å². The summed E-state index contributed by atoms with van der Waals surface area (Å²) in [5.41, 5.74) is 2.27. The molecule has 4 nitrogen and oxygen atoms in total. The van der Waals surface area contributed by atoms with Gasteiger partial charge in [-0.3, -0.25) is 4.79 Å². The number of piperidine rings is 1. The van der Waals surface area contributed by atoms with Crippen LogP contribution in [0.3, 0.4) is 0 Å². The molecule has 3 rings (SSSR count). The normalized spacial score (nSPS) is 16.9. The monoisotopic (exact) mass is 258 g/mol. The number of aryl methyl sites for hydroxylation is 1. The zero-order chi connectivity index (χ0) is 13.2. The Morgan fingerprint density at radius 1 is 1.42 bits per heavy atom. The Morgan fingerprint density at radius 2 is 2.21 bits per heavy atom. The Labute approximate surface area is 112 Å². The zero-order valence-corrected chi connectivity index (χ0v) is 11.1. The van der Waals surface area contributed by atoms with E-state index in [1.165, 1.54) is 0 Å². The molecule has 1 aromatic heterocycles. The number of aromatic nitrogens is 1. The number of nitrogens with zero attached hydrogens (tertiary/aromatic N) is 1. The van der Waals surface area contributed by atoms with Crippen molar-refractivity contribution >= 4 is 16.9 Å². The summed E-state index contributed by atoms with van der Waals surface area (Å²) in [7, 11) is 0. The molecule has 0 unspecified atom stereocenters. The topological polar surface area (TPSA) is 55.1 Å². The van der Waals surface area contributed by atoms with E-state index in [2.05, 4.69) is 10.3 Å². The Kier molecular flexibility index (Phi) is 3.34. The molecule has 0 atom stereocenters. The number of rotatable bonds is 3. The molecule has 0 saturated carbocycles. The summed E-state index contributed by atoms with van der Waals surface area (Å²) >= 11 is 0. The van der Waals surface area contributed by atoms with Gasteiger partial charge in [-0.2, -0.15) is 0 Å². The van der Waals surface area contributed by atoms with Crippen molar-refractivity contribution in [3.8, 4) is 0 Å². The standard InChI is InChI=1S/C15H18N2O2/c1-10-17-13-9-12(2-3-15(13)19-10)14(18)8-11-4-6-16-7-5-11/h2-3,9,11,16H,4-8H2,1H3. The van der Waals surface area contributed by atoms with Gasteiger partial charge >= 0.3 is 0 Å². The first-order chi connectivity index (χ1) is 9.22. The number of fused-ring (bicyclic) bond motifs is 1. The molecule has 1 saturated heterocycles. The van der Waals surface area contributed by atoms with Crippen molar-refractivity contribution in [2.24, 2.45) is 5.92 Å². The molecule has 0 bridgehead atoms. The van der Waals surface area contributed by atoms with E-state index in [0.717, 1.165) is 42.6 Å². The fraction of sp³-hybridized carbons (Fsp3) is 0.467. The molecule has 19 heavy (non-hydrogen) atoms. The van der Waals surface area contributed by atoms with Crippen molar-refractivity contribution in [2.75, 3.05) is 13.1 Å². The summed E-state index contributed by atoms with van der Waals surface area (Å²) in [5.74, 6) is 1.37. The van der Waals surface area contributed by atoms with E-state index in [1.54, 1.807) is 0 Å². The van der Waals surface area contributed by atoms with Gasteiger partial charge in [0.1, 0.15) is 5.52 Å². The van der Waals surface area contributed by atoms with Crippen molar-refractivity contribution < 1.29 is 9.21 Å². The number of hydrogen-bond donors (Lipinski definition) is 1. The van der Waals surface area contributed by atoms with E-state index in [0.29, 0.717) is 18.2 Å². The zero-order valence-electron chi connectivity index (χ0n) is 11.1. The minimum Gasteiger partial charge on any atom is -0.441 e. The molecule has 0 spiro atoms. The van der Waals surface area contributed by atoms with E-state index in [-0.39, 0.29) is 5.78 Å². The fourth-order valence-electron chi connectivity index (χ4n) is 2.68. The van der Waals surface area contributed by atoms with Crippen LogP contribution in [0.2, 0.25) is 0 Å². The lowest BCUT2D eigenvalue weighted by atomic mass is 9.90. The Bertz CT molecular complexity index is 597. The molecule has 1 aromatic carbocycles. The Morgan fingerprint density at radius 3 is 3.00 bits per heavy atom. The highest BCUT2D eigenvalue weighted by atomic mass is 16.3. The first-order valence-electron chi connectivity index (χ1n) is 6.83. The lowest BCUT2D eigenvalue weighted by molar-refractivity contribution is 0.0952. The summed E-state index contributed by atoms with van der Waals surface area (Å²) in [6.45, 7) is 3.87. The van der Waals surface area contributed by atoms with E-state index in [1.807, 2.05) is 25.1 Å². The van der Waals surface area contributed by atoms with Crippen LogP contribution < -0.4 is 5.32 Å². The molecule has 100 valence electrons. The van der Waals surface area contributed by atoms with Gasteiger partial charge in [-0.15, -0.1) is 0 Å². The van der Waals surface area contributed by atoms with Crippen LogP contribution in [-0.4, -0.2) is 23.9 Å². The molecule has 2 aromatic rings. The number of carbonyl (C=O) groups is 1. The lowest BCUT2D eigenvalue weighted by Crippen LogP contribution is -2.28. The molecular formula is C15H18N2O2. The van der Waals surface area contributed by atoms with Crippen LogP contribution in [0, 0.1) is 12.8 Å². The minimum atomic E-state index is 0.217. The summed E-state index contributed by atoms with van der Waals surface area (Å²) < 4.78 is 5.42. The smallest absolute Gasteiger partial charge is 0.192 e. The Hall–Kier alpha value is -1.68. The van der Waals surface area contributed by atoms with Gasteiger partial charge in [-0.1, -0.05) is 0 Å². The third kappa shape index (κ3) is 2.68. The highest BCUT2D eigenvalue weighted by molar-refractivity contribution is 5.98. The number of oxazole rings is 1. The van der Waals surface area contributed by atoms with Gasteiger partial charge in [0.05, 0.1) is 0 Å². The van der Waals surface area contributed by atoms with Gasteiger partial charge in [0.2, 0.25) is 0 Å². The van der Waals surface area contributed by atoms with Crippen molar-refractivity contribution in [3.05, 3.63) is 29.7 Å². The maximum absolute atomic E-state index is 12.3. The fourth-order valence-corrected chi connectivity index (χ4v) is 2.68. The Balaban J connectivity index is 1.76. The first-order valence-corrected chi connectivity index (χ1v) is 6.83. The van der Waals surface area contributed by atoms with Gasteiger partial charge in [-0.25, -0.2) is 4.98 Å². The number of benzene rings is 1. The van der Waals surface area contributed by atoms with Crippen LogP contribution in [-0.2, 0) is 0 Å². The SMILES string of the molecule is Cc1nc2cc(C(=O)CC3CCNCC3)ccc2o1. The van der Waals surface area contributed by atoms with Crippen LogP contribution in [0.25, 0.3) is 11.1 Å². The van der Waals surface area contributed by atoms with E-state index in [4.69, 9.17) is 4.42 Å². The maximum Gasteiger partial charge on any atom is 0.192 e. The van der Waals surface area contributed by atoms with Gasteiger partial charge in [0.15, 0.2) is 17.3 Å². The number of ketones is 1. The lowest BCUT2D eigenvalue weighted by Gasteiger charge is -2.21. The molecule has 4 heteroatoms. The average molecular weight is 258 g/mol. The van der Waals surface area contributed by atoms with Gasteiger partial charge in [0, 0.05) is 18.9 Å². The third-order valence-corrected chi connectivity index (χ3v) is 3.75. The highest BCUT2D eigenvalue weighted by Gasteiger charge is 2.18. The molecule has 0 amide bonds. The quantitative estimate of drug-likeness (QED) is 0.860. The molecule has 1 aliphatic heterocycles. The second kappa shape index (κ2) is 5.13. The largest absolute Gasteiger partial charge is 0.441 e. The predicted octanol–water partition coefficient (Wildman–Crippen LogP) is 2.71. The predicted molar refractivity (Wildman–Crippen MR) is 73.3 cm³/mol. The number of hydrogen-bond acceptors (Lipinski definition) is 4. The third-order valence-electron chi connectivity index (χ3n) is 3.75. The highest BCUT2D eigenvalue weighted by Crippen LogP contribution is 2.21. The summed E-state index contributed by atoms with van der Waals surface area (Å²) in [5, 5.41) is 3.32. The number of carbonyl (C=O) groups excluding carboxylic acids is 1. The van der Waals surface area contributed by atoms with E-state index >= 15 is 0 Å². The van der Waals surface area contributed by atoms with E-state index in [9.17, 15) is 4.79 Å². The number of Topliss-reactive ketones (excluding diaryl/α,β-unsaturated/α-hetero) is 1. The van der Waals surface area contributed by atoms with Crippen LogP contribution in [0.4, 0.5) is 0 Å². The molecule has 1 aliphatic rings.